The summed E-state index contributed by atoms with van der Waals surface area (Å²) in [6.45, 7) is 2.23. The Morgan fingerprint density at radius 3 is 3.00 bits per heavy atom. The van der Waals surface area contributed by atoms with Gasteiger partial charge in [0.05, 0.1) is 12.2 Å². The number of rotatable bonds is 0. The predicted molar refractivity (Wildman–Crippen MR) is 35.4 cm³/mol. The van der Waals surface area contributed by atoms with E-state index in [1.807, 2.05) is 0 Å². The molecule has 0 radical (unpaired) electrons. The highest BCUT2D eigenvalue weighted by Crippen LogP contribution is 2.22. The first-order chi connectivity index (χ1) is 4.45. The van der Waals surface area contributed by atoms with E-state index in [-0.39, 0.29) is 0 Å². The molecule has 2 bridgehead atoms. The van der Waals surface area contributed by atoms with Gasteiger partial charge in [0, 0.05) is 6.54 Å². The van der Waals surface area contributed by atoms with Crippen LogP contribution < -0.4 is 5.32 Å². The van der Waals surface area contributed by atoms with Crippen LogP contribution in [0.5, 0.6) is 0 Å². The lowest BCUT2D eigenvalue weighted by molar-refractivity contribution is 0.0571. The van der Waals surface area contributed by atoms with Gasteiger partial charge in [-0.05, 0) is 25.8 Å². The van der Waals surface area contributed by atoms with Crippen LogP contribution in [0.4, 0.5) is 0 Å². The minimum absolute atomic E-state index is 0.539. The van der Waals surface area contributed by atoms with Crippen LogP contribution >= 0.6 is 0 Å². The van der Waals surface area contributed by atoms with E-state index in [1.165, 1.54) is 19.3 Å². The molecule has 9 heavy (non-hydrogen) atoms. The van der Waals surface area contributed by atoms with Gasteiger partial charge in [0.2, 0.25) is 0 Å². The van der Waals surface area contributed by atoms with Crippen molar-refractivity contribution in [1.82, 2.24) is 5.32 Å². The van der Waals surface area contributed by atoms with Gasteiger partial charge in [-0.3, -0.25) is 0 Å². The van der Waals surface area contributed by atoms with Gasteiger partial charge in [0.25, 0.3) is 0 Å². The first kappa shape index (κ1) is 5.69. The largest absolute Gasteiger partial charge is 0.374 e. The minimum Gasteiger partial charge on any atom is -0.374 e. The molecule has 52 valence electrons. The van der Waals surface area contributed by atoms with Crippen LogP contribution in [0.1, 0.15) is 19.3 Å². The number of hydrogen-bond acceptors (Lipinski definition) is 2. The Bertz CT molecular complexity index is 93.1. The second-order valence-corrected chi connectivity index (χ2v) is 2.95. The van der Waals surface area contributed by atoms with Crippen molar-refractivity contribution in [3.8, 4) is 0 Å². The number of fused-ring (bicyclic) bond motifs is 2. The molecule has 2 aliphatic rings. The number of hydrogen-bond donors (Lipinski definition) is 1. The molecule has 0 aromatic carbocycles. The van der Waals surface area contributed by atoms with Crippen molar-refractivity contribution in [1.29, 1.82) is 0 Å². The second-order valence-electron chi connectivity index (χ2n) is 2.95. The third-order valence-electron chi connectivity index (χ3n) is 2.21. The van der Waals surface area contributed by atoms with Crippen molar-refractivity contribution < 1.29 is 4.74 Å². The van der Waals surface area contributed by atoms with Crippen LogP contribution in [0.25, 0.3) is 0 Å². The lowest BCUT2D eigenvalue weighted by Gasteiger charge is -2.05. The van der Waals surface area contributed by atoms with E-state index in [1.54, 1.807) is 0 Å². The van der Waals surface area contributed by atoms with Gasteiger partial charge < -0.3 is 10.1 Å². The molecule has 2 atom stereocenters. The van der Waals surface area contributed by atoms with Crippen LogP contribution in [0.15, 0.2) is 0 Å². The number of nitrogens with one attached hydrogen (secondary N) is 1. The van der Waals surface area contributed by atoms with E-state index in [0.29, 0.717) is 12.2 Å². The van der Waals surface area contributed by atoms with Gasteiger partial charge in [0.15, 0.2) is 0 Å². The maximum atomic E-state index is 5.66. The Labute approximate surface area is 55.6 Å². The highest BCUT2D eigenvalue weighted by atomic mass is 16.5. The Morgan fingerprint density at radius 2 is 2.00 bits per heavy atom. The molecule has 0 amide bonds. The van der Waals surface area contributed by atoms with E-state index in [0.717, 1.165) is 13.1 Å². The van der Waals surface area contributed by atoms with Gasteiger partial charge in [-0.15, -0.1) is 0 Å². The first-order valence-corrected chi connectivity index (χ1v) is 3.81. The number of ether oxygens (including phenoxy) is 1. The zero-order valence-electron chi connectivity index (χ0n) is 5.60. The average molecular weight is 127 g/mol. The molecule has 0 unspecified atom stereocenters. The van der Waals surface area contributed by atoms with Crippen molar-refractivity contribution in [3.63, 3.8) is 0 Å². The Hall–Kier alpha value is -0.0800. The van der Waals surface area contributed by atoms with E-state index >= 15 is 0 Å². The molecule has 0 aromatic heterocycles. The van der Waals surface area contributed by atoms with Crippen molar-refractivity contribution in [3.05, 3.63) is 0 Å². The van der Waals surface area contributed by atoms with Crippen molar-refractivity contribution in [2.24, 2.45) is 0 Å². The third-order valence-corrected chi connectivity index (χ3v) is 2.21. The molecule has 2 aliphatic heterocycles. The standard InChI is InChI=1S/C7H13NO/c1-2-7-5-8-4-3-6(1)9-7/h6-8H,1-5H2/t6-,7+/m1/s1. The van der Waals surface area contributed by atoms with Crippen molar-refractivity contribution in [2.45, 2.75) is 31.5 Å². The Morgan fingerprint density at radius 1 is 1.11 bits per heavy atom. The molecule has 0 aromatic rings. The summed E-state index contributed by atoms with van der Waals surface area (Å²) < 4.78 is 5.66. The maximum absolute atomic E-state index is 5.66. The summed E-state index contributed by atoms with van der Waals surface area (Å²) in [6.07, 6.45) is 4.92. The normalized spacial score (nSPS) is 42.7. The van der Waals surface area contributed by atoms with Gasteiger partial charge in [0.1, 0.15) is 0 Å². The molecule has 2 heteroatoms. The molecule has 2 nitrogen and oxygen atoms in total. The third kappa shape index (κ3) is 1.10. The summed E-state index contributed by atoms with van der Waals surface area (Å²) in [6, 6.07) is 0. The highest BCUT2D eigenvalue weighted by Gasteiger charge is 2.26. The van der Waals surface area contributed by atoms with E-state index in [4.69, 9.17) is 4.74 Å². The molecule has 0 aliphatic carbocycles. The van der Waals surface area contributed by atoms with E-state index in [2.05, 4.69) is 5.32 Å². The molecule has 2 rings (SSSR count). The van der Waals surface area contributed by atoms with Gasteiger partial charge in [-0.2, -0.15) is 0 Å². The fourth-order valence-corrected chi connectivity index (χ4v) is 1.67. The second kappa shape index (κ2) is 2.27. The molecule has 0 spiro atoms. The molecule has 2 saturated heterocycles. The Balaban J connectivity index is 1.99. The monoisotopic (exact) mass is 127 g/mol. The SMILES string of the molecule is C1C[C@H]2CC[C@@H](CN1)O2. The predicted octanol–water partition coefficient (Wildman–Crippen LogP) is 0.527. The van der Waals surface area contributed by atoms with Crippen LogP contribution in [-0.4, -0.2) is 25.3 Å². The van der Waals surface area contributed by atoms with Gasteiger partial charge >= 0.3 is 0 Å². The lowest BCUT2D eigenvalue weighted by Crippen LogP contribution is -2.24. The van der Waals surface area contributed by atoms with Gasteiger partial charge in [-0.25, -0.2) is 0 Å². The molecular weight excluding hydrogens is 114 g/mol. The van der Waals surface area contributed by atoms with Crippen molar-refractivity contribution in [2.75, 3.05) is 13.1 Å². The van der Waals surface area contributed by atoms with Crippen LogP contribution in [0, 0.1) is 0 Å². The van der Waals surface area contributed by atoms with Crippen LogP contribution in [-0.2, 0) is 4.74 Å². The average Bonchev–Trinajstić information content (AvgIpc) is 2.09. The summed E-state index contributed by atoms with van der Waals surface area (Å²) in [4.78, 5) is 0. The minimum atomic E-state index is 0.539. The zero-order valence-corrected chi connectivity index (χ0v) is 5.60. The summed E-state index contributed by atoms with van der Waals surface area (Å²) in [7, 11) is 0. The molecule has 2 heterocycles. The quantitative estimate of drug-likeness (QED) is 0.512. The topological polar surface area (TPSA) is 21.3 Å². The molecular formula is C7H13NO. The van der Waals surface area contributed by atoms with Crippen LogP contribution in [0.2, 0.25) is 0 Å². The summed E-state index contributed by atoms with van der Waals surface area (Å²) in [5, 5.41) is 3.35. The fourth-order valence-electron chi connectivity index (χ4n) is 1.67. The summed E-state index contributed by atoms with van der Waals surface area (Å²) >= 11 is 0. The summed E-state index contributed by atoms with van der Waals surface area (Å²) in [5.41, 5.74) is 0. The van der Waals surface area contributed by atoms with Gasteiger partial charge in [-0.1, -0.05) is 0 Å². The molecule has 2 fully saturated rings. The van der Waals surface area contributed by atoms with Crippen LogP contribution in [0.3, 0.4) is 0 Å². The first-order valence-electron chi connectivity index (χ1n) is 3.81. The summed E-state index contributed by atoms with van der Waals surface area (Å²) in [5.74, 6) is 0. The smallest absolute Gasteiger partial charge is 0.0704 e. The van der Waals surface area contributed by atoms with E-state index < -0.39 is 0 Å². The lowest BCUT2D eigenvalue weighted by atomic mass is 10.1. The van der Waals surface area contributed by atoms with Crippen molar-refractivity contribution >= 4 is 0 Å². The fraction of sp³-hybridized carbons (Fsp3) is 1.00. The van der Waals surface area contributed by atoms with E-state index in [9.17, 15) is 0 Å². The Kier molecular flexibility index (Phi) is 1.44. The zero-order chi connectivity index (χ0) is 6.10. The molecule has 1 N–H and O–H groups in total. The molecule has 0 saturated carbocycles. The highest BCUT2D eigenvalue weighted by molar-refractivity contribution is 4.79. The maximum Gasteiger partial charge on any atom is 0.0704 e.